The molecule has 0 aromatic carbocycles. The monoisotopic (exact) mass is 523 g/mol. The lowest BCUT2D eigenvalue weighted by Crippen LogP contribution is -2.54. The number of ether oxygens (including phenoxy) is 2. The summed E-state index contributed by atoms with van der Waals surface area (Å²) in [5.41, 5.74) is 0. The summed E-state index contributed by atoms with van der Waals surface area (Å²) in [7, 11) is 3.30. The molecule has 1 amide bonds. The fraction of sp³-hybridized carbons (Fsp3) is 0.684. The highest BCUT2D eigenvalue weighted by molar-refractivity contribution is 14.0. The quantitative estimate of drug-likeness (QED) is 0.188. The van der Waals surface area contributed by atoms with Gasteiger partial charge in [-0.15, -0.1) is 24.0 Å². The molecule has 0 bridgehead atoms. The Balaban J connectivity index is 0.00000420. The topological polar surface area (TPSA) is 91.6 Å². The van der Waals surface area contributed by atoms with Crippen molar-refractivity contribution in [3.05, 3.63) is 24.2 Å². The molecule has 0 radical (unpaired) electrons. The number of nitrogens with zero attached hydrogens (tertiary/aromatic N) is 3. The molecule has 166 valence electrons. The van der Waals surface area contributed by atoms with E-state index in [0.717, 1.165) is 50.9 Å². The van der Waals surface area contributed by atoms with Crippen LogP contribution >= 0.6 is 24.0 Å². The van der Waals surface area contributed by atoms with Crippen molar-refractivity contribution >= 4 is 35.8 Å². The van der Waals surface area contributed by atoms with E-state index in [1.54, 1.807) is 20.5 Å². The predicted octanol–water partition coefficient (Wildman–Crippen LogP) is 0.412. The third-order valence-corrected chi connectivity index (χ3v) is 4.46. The molecular weight excluding hydrogens is 489 g/mol. The van der Waals surface area contributed by atoms with Crippen molar-refractivity contribution in [1.82, 2.24) is 20.4 Å². The van der Waals surface area contributed by atoms with Crippen molar-refractivity contribution < 1.29 is 18.7 Å². The number of rotatable bonds is 11. The number of halogens is 1. The molecule has 0 atom stereocenters. The maximum atomic E-state index is 11.9. The van der Waals surface area contributed by atoms with Gasteiger partial charge in [0.15, 0.2) is 5.96 Å². The fourth-order valence-corrected chi connectivity index (χ4v) is 2.93. The lowest BCUT2D eigenvalue weighted by atomic mass is 10.3. The summed E-state index contributed by atoms with van der Waals surface area (Å²) in [6, 6.07) is 3.87. The number of nitrogens with one attached hydrogen (secondary N) is 2. The molecule has 29 heavy (non-hydrogen) atoms. The second-order valence-corrected chi connectivity index (χ2v) is 6.56. The first-order valence-corrected chi connectivity index (χ1v) is 9.75. The predicted molar refractivity (Wildman–Crippen MR) is 123 cm³/mol. The highest BCUT2D eigenvalue weighted by Crippen LogP contribution is 2.04. The first-order chi connectivity index (χ1) is 13.7. The number of carbonyl (C=O) groups is 1. The van der Waals surface area contributed by atoms with Gasteiger partial charge < -0.3 is 29.4 Å². The largest absolute Gasteiger partial charge is 0.469 e. The minimum atomic E-state index is 0. The molecule has 2 rings (SSSR count). The number of amides is 1. The Hall–Kier alpha value is -1.37. The Morgan fingerprint density at radius 3 is 2.55 bits per heavy atom. The molecule has 1 aromatic heterocycles. The maximum Gasteiger partial charge on any atom is 0.234 e. The van der Waals surface area contributed by atoms with Gasteiger partial charge in [0.25, 0.3) is 0 Å². The van der Waals surface area contributed by atoms with Crippen LogP contribution in [-0.2, 0) is 20.7 Å². The van der Waals surface area contributed by atoms with E-state index in [0.29, 0.717) is 32.8 Å². The molecule has 2 N–H and O–H groups in total. The molecule has 1 aromatic rings. The van der Waals surface area contributed by atoms with Crippen molar-refractivity contribution in [3.63, 3.8) is 0 Å². The molecule has 1 saturated heterocycles. The van der Waals surface area contributed by atoms with Gasteiger partial charge in [-0.2, -0.15) is 0 Å². The summed E-state index contributed by atoms with van der Waals surface area (Å²) in [6.07, 6.45) is 2.49. The second kappa shape index (κ2) is 15.5. The molecular formula is C19H34IN5O4. The van der Waals surface area contributed by atoms with Gasteiger partial charge in [-0.3, -0.25) is 14.7 Å². The normalized spacial score (nSPS) is 15.1. The van der Waals surface area contributed by atoms with Gasteiger partial charge >= 0.3 is 0 Å². The maximum absolute atomic E-state index is 11.9. The lowest BCUT2D eigenvalue weighted by molar-refractivity contribution is -0.122. The van der Waals surface area contributed by atoms with E-state index >= 15 is 0 Å². The average Bonchev–Trinajstić information content (AvgIpc) is 3.21. The van der Waals surface area contributed by atoms with E-state index in [1.807, 2.05) is 12.1 Å². The number of guanidine groups is 1. The molecule has 0 spiro atoms. The van der Waals surface area contributed by atoms with Crippen molar-refractivity contribution in [2.24, 2.45) is 4.99 Å². The number of methoxy groups -OCH3 is 2. The molecule has 0 saturated carbocycles. The molecule has 2 heterocycles. The van der Waals surface area contributed by atoms with Crippen LogP contribution in [0.4, 0.5) is 0 Å². The van der Waals surface area contributed by atoms with Crippen LogP contribution in [-0.4, -0.2) is 101 Å². The standard InChI is InChI=1S/C19H33N5O4.HI/c1-26-14-7-20-18(25)16-23-9-11-24(12-10-23)19(22-8-15-27-2)21-6-5-17-4-3-13-28-17;/h3-4,13H,5-12,14-16H2,1-2H3,(H,20,25)(H,21,22);1H. The molecule has 1 aliphatic rings. The molecule has 0 aliphatic carbocycles. The number of furan rings is 1. The van der Waals surface area contributed by atoms with E-state index in [1.165, 1.54) is 0 Å². The van der Waals surface area contributed by atoms with E-state index in [2.05, 4.69) is 25.4 Å². The Morgan fingerprint density at radius 1 is 1.14 bits per heavy atom. The summed E-state index contributed by atoms with van der Waals surface area (Å²) in [6.45, 7) is 6.74. The van der Waals surface area contributed by atoms with E-state index < -0.39 is 0 Å². The van der Waals surface area contributed by atoms with E-state index in [-0.39, 0.29) is 29.9 Å². The molecule has 1 fully saturated rings. The van der Waals surface area contributed by atoms with Crippen LogP contribution < -0.4 is 10.6 Å². The van der Waals surface area contributed by atoms with E-state index in [9.17, 15) is 4.79 Å². The number of carbonyl (C=O) groups excluding carboxylic acids is 1. The van der Waals surface area contributed by atoms with Gasteiger partial charge in [0.05, 0.1) is 32.6 Å². The van der Waals surface area contributed by atoms with Gasteiger partial charge in [0, 0.05) is 59.9 Å². The summed E-state index contributed by atoms with van der Waals surface area (Å²) in [5, 5.41) is 6.29. The van der Waals surface area contributed by atoms with Crippen molar-refractivity contribution in [1.29, 1.82) is 0 Å². The van der Waals surface area contributed by atoms with Crippen LogP contribution in [0.5, 0.6) is 0 Å². The summed E-state index contributed by atoms with van der Waals surface area (Å²) in [5.74, 6) is 1.87. The SMILES string of the molecule is COCCN=C(NCCc1ccco1)N1CCN(CC(=O)NCCOC)CC1.I. The molecule has 0 unspecified atom stereocenters. The van der Waals surface area contributed by atoms with Crippen molar-refractivity contribution in [2.75, 3.05) is 79.8 Å². The van der Waals surface area contributed by atoms with Crippen LogP contribution in [0.15, 0.2) is 27.8 Å². The van der Waals surface area contributed by atoms with Gasteiger partial charge in [0.1, 0.15) is 5.76 Å². The Morgan fingerprint density at radius 2 is 1.90 bits per heavy atom. The smallest absolute Gasteiger partial charge is 0.234 e. The minimum absolute atomic E-state index is 0. The summed E-state index contributed by atoms with van der Waals surface area (Å²) >= 11 is 0. The zero-order valence-electron chi connectivity index (χ0n) is 17.4. The van der Waals surface area contributed by atoms with Gasteiger partial charge in [-0.1, -0.05) is 0 Å². The lowest BCUT2D eigenvalue weighted by Gasteiger charge is -2.36. The molecule has 10 heteroatoms. The third kappa shape index (κ3) is 10.3. The van der Waals surface area contributed by atoms with Crippen LogP contribution in [0, 0.1) is 0 Å². The molecule has 1 aliphatic heterocycles. The van der Waals surface area contributed by atoms with Crippen molar-refractivity contribution in [2.45, 2.75) is 6.42 Å². The minimum Gasteiger partial charge on any atom is -0.469 e. The number of aliphatic imine (C=N–C) groups is 1. The number of hydrogen-bond acceptors (Lipinski definition) is 6. The van der Waals surface area contributed by atoms with Gasteiger partial charge in [-0.05, 0) is 12.1 Å². The zero-order valence-corrected chi connectivity index (χ0v) is 19.7. The fourth-order valence-electron chi connectivity index (χ4n) is 2.93. The first kappa shape index (κ1) is 25.7. The average molecular weight is 523 g/mol. The van der Waals surface area contributed by atoms with Gasteiger partial charge in [0.2, 0.25) is 5.91 Å². The highest BCUT2D eigenvalue weighted by atomic mass is 127. The number of piperazine rings is 1. The third-order valence-electron chi connectivity index (χ3n) is 4.46. The van der Waals surface area contributed by atoms with E-state index in [4.69, 9.17) is 13.9 Å². The second-order valence-electron chi connectivity index (χ2n) is 6.56. The van der Waals surface area contributed by atoms with Crippen molar-refractivity contribution in [3.8, 4) is 0 Å². The van der Waals surface area contributed by atoms with Crippen LogP contribution in [0.2, 0.25) is 0 Å². The van der Waals surface area contributed by atoms with Crippen LogP contribution in [0.25, 0.3) is 0 Å². The van der Waals surface area contributed by atoms with Gasteiger partial charge in [-0.25, -0.2) is 0 Å². The molecule has 9 nitrogen and oxygen atoms in total. The Bertz CT molecular complexity index is 577. The number of hydrogen-bond donors (Lipinski definition) is 2. The zero-order chi connectivity index (χ0) is 20.0. The Kier molecular flexibility index (Phi) is 13.7. The summed E-state index contributed by atoms with van der Waals surface area (Å²) < 4.78 is 15.4. The Labute approximate surface area is 190 Å². The highest BCUT2D eigenvalue weighted by Gasteiger charge is 2.21. The first-order valence-electron chi connectivity index (χ1n) is 9.75. The summed E-state index contributed by atoms with van der Waals surface area (Å²) in [4.78, 5) is 21.0. The van der Waals surface area contributed by atoms with Crippen LogP contribution in [0.1, 0.15) is 5.76 Å². The van der Waals surface area contributed by atoms with Crippen LogP contribution in [0.3, 0.4) is 0 Å².